The Morgan fingerprint density at radius 3 is 3.08 bits per heavy atom. The lowest BCUT2D eigenvalue weighted by atomic mass is 10.1. The molecule has 1 N–H and O–H groups in total. The monoisotopic (exact) mass is 364 g/mol. The molecule has 0 spiro atoms. The van der Waals surface area contributed by atoms with Gasteiger partial charge in [-0.15, -0.1) is 0 Å². The molecule has 1 fully saturated rings. The Morgan fingerprint density at radius 2 is 2.28 bits per heavy atom. The van der Waals surface area contributed by atoms with Crippen LogP contribution >= 0.6 is 11.6 Å². The highest BCUT2D eigenvalue weighted by molar-refractivity contribution is 6.30. The van der Waals surface area contributed by atoms with Crippen molar-refractivity contribution in [3.8, 4) is 5.75 Å². The Kier molecular flexibility index (Phi) is 5.99. The standard InChI is InChI=1S/C19H25ClN2O3/c1-13(2)10-22-5-6-24-17(11-22)9-21-19(23)15-7-14-8-16(20)3-4-18(14)25-12-15/h3-4,7-8,13,17H,5-6,9-12H2,1-2H3,(H,21,23). The number of nitrogens with one attached hydrogen (secondary N) is 1. The molecular formula is C19H25ClN2O3. The second kappa shape index (κ2) is 8.21. The molecule has 136 valence electrons. The van der Waals surface area contributed by atoms with Gasteiger partial charge in [0, 0.05) is 36.8 Å². The van der Waals surface area contributed by atoms with Gasteiger partial charge >= 0.3 is 0 Å². The minimum atomic E-state index is -0.116. The van der Waals surface area contributed by atoms with Gasteiger partial charge in [-0.25, -0.2) is 0 Å². The Balaban J connectivity index is 1.54. The molecule has 0 radical (unpaired) electrons. The molecule has 0 bridgehead atoms. The molecule has 0 aliphatic carbocycles. The van der Waals surface area contributed by atoms with E-state index >= 15 is 0 Å². The van der Waals surface area contributed by atoms with E-state index < -0.39 is 0 Å². The van der Waals surface area contributed by atoms with Crippen LogP contribution in [-0.2, 0) is 9.53 Å². The van der Waals surface area contributed by atoms with E-state index in [9.17, 15) is 4.79 Å². The largest absolute Gasteiger partial charge is 0.488 e. The molecule has 1 saturated heterocycles. The quantitative estimate of drug-likeness (QED) is 0.872. The van der Waals surface area contributed by atoms with E-state index in [0.717, 1.165) is 30.9 Å². The zero-order valence-corrected chi connectivity index (χ0v) is 15.5. The summed E-state index contributed by atoms with van der Waals surface area (Å²) in [6.45, 7) is 8.79. The molecule has 1 amide bonds. The zero-order valence-electron chi connectivity index (χ0n) is 14.8. The number of carbonyl (C=O) groups is 1. The third-order valence-electron chi connectivity index (χ3n) is 4.31. The van der Waals surface area contributed by atoms with Crippen molar-refractivity contribution >= 4 is 23.6 Å². The maximum Gasteiger partial charge on any atom is 0.250 e. The molecule has 0 aromatic heterocycles. The van der Waals surface area contributed by atoms with Gasteiger partial charge in [0.15, 0.2) is 0 Å². The van der Waals surface area contributed by atoms with Crippen LogP contribution in [0.3, 0.4) is 0 Å². The Morgan fingerprint density at radius 1 is 1.44 bits per heavy atom. The van der Waals surface area contributed by atoms with E-state index in [0.29, 0.717) is 29.7 Å². The van der Waals surface area contributed by atoms with Gasteiger partial charge in [-0.2, -0.15) is 0 Å². The van der Waals surface area contributed by atoms with Crippen molar-refractivity contribution in [3.63, 3.8) is 0 Å². The summed E-state index contributed by atoms with van der Waals surface area (Å²) in [6, 6.07) is 5.40. The van der Waals surface area contributed by atoms with Crippen molar-refractivity contribution in [2.45, 2.75) is 20.0 Å². The Hall–Kier alpha value is -1.56. The molecule has 25 heavy (non-hydrogen) atoms. The molecule has 2 aliphatic rings. The van der Waals surface area contributed by atoms with Crippen LogP contribution in [0.4, 0.5) is 0 Å². The van der Waals surface area contributed by atoms with Crippen LogP contribution in [0.5, 0.6) is 5.75 Å². The second-order valence-corrected chi connectivity index (χ2v) is 7.43. The lowest BCUT2D eigenvalue weighted by molar-refractivity contribution is -0.119. The first-order valence-electron chi connectivity index (χ1n) is 8.76. The third kappa shape index (κ3) is 4.97. The highest BCUT2D eigenvalue weighted by Gasteiger charge is 2.23. The minimum Gasteiger partial charge on any atom is -0.488 e. The van der Waals surface area contributed by atoms with E-state index in [2.05, 4.69) is 24.1 Å². The maximum absolute atomic E-state index is 12.4. The first-order valence-corrected chi connectivity index (χ1v) is 9.14. The highest BCUT2D eigenvalue weighted by Crippen LogP contribution is 2.28. The molecule has 1 aromatic carbocycles. The molecule has 6 heteroatoms. The van der Waals surface area contributed by atoms with Crippen LogP contribution in [0, 0.1) is 5.92 Å². The van der Waals surface area contributed by atoms with Gasteiger partial charge in [0.25, 0.3) is 5.91 Å². The van der Waals surface area contributed by atoms with E-state index in [1.165, 1.54) is 0 Å². The number of rotatable bonds is 5. The number of hydrogen-bond donors (Lipinski definition) is 1. The van der Waals surface area contributed by atoms with Gasteiger partial charge in [-0.3, -0.25) is 9.69 Å². The van der Waals surface area contributed by atoms with Crippen LogP contribution in [0.2, 0.25) is 5.02 Å². The lowest BCUT2D eigenvalue weighted by Gasteiger charge is -2.34. The smallest absolute Gasteiger partial charge is 0.250 e. The fourth-order valence-electron chi connectivity index (χ4n) is 3.19. The SMILES string of the molecule is CC(C)CN1CCOC(CNC(=O)C2=Cc3cc(Cl)ccc3OC2)C1. The average molecular weight is 365 g/mol. The summed E-state index contributed by atoms with van der Waals surface area (Å²) < 4.78 is 11.4. The molecular weight excluding hydrogens is 340 g/mol. The van der Waals surface area contributed by atoms with Crippen molar-refractivity contribution in [1.29, 1.82) is 0 Å². The molecule has 5 nitrogen and oxygen atoms in total. The summed E-state index contributed by atoms with van der Waals surface area (Å²) in [4.78, 5) is 14.8. The molecule has 1 unspecified atom stereocenters. The predicted molar refractivity (Wildman–Crippen MR) is 99.0 cm³/mol. The van der Waals surface area contributed by atoms with Gasteiger partial charge in [0.2, 0.25) is 0 Å². The molecule has 2 heterocycles. The number of halogens is 1. The van der Waals surface area contributed by atoms with Gasteiger partial charge in [-0.1, -0.05) is 25.4 Å². The van der Waals surface area contributed by atoms with E-state index in [1.54, 1.807) is 12.1 Å². The summed E-state index contributed by atoms with van der Waals surface area (Å²) >= 11 is 6.01. The van der Waals surface area contributed by atoms with Gasteiger partial charge < -0.3 is 14.8 Å². The fourth-order valence-corrected chi connectivity index (χ4v) is 3.37. The van der Waals surface area contributed by atoms with Gasteiger partial charge in [0.1, 0.15) is 12.4 Å². The van der Waals surface area contributed by atoms with E-state index in [-0.39, 0.29) is 18.6 Å². The van der Waals surface area contributed by atoms with Gasteiger partial charge in [-0.05, 0) is 30.2 Å². The van der Waals surface area contributed by atoms with Crippen molar-refractivity contribution in [3.05, 3.63) is 34.4 Å². The molecule has 1 atom stereocenters. The van der Waals surface area contributed by atoms with E-state index in [1.807, 2.05) is 12.1 Å². The molecule has 2 aliphatic heterocycles. The second-order valence-electron chi connectivity index (χ2n) is 7.00. The van der Waals surface area contributed by atoms with E-state index in [4.69, 9.17) is 21.1 Å². The third-order valence-corrected chi connectivity index (χ3v) is 4.55. The van der Waals surface area contributed by atoms with Crippen molar-refractivity contribution in [1.82, 2.24) is 10.2 Å². The number of amides is 1. The Labute approximate surface area is 153 Å². The summed E-state index contributed by atoms with van der Waals surface area (Å²) in [6.07, 6.45) is 1.87. The number of fused-ring (bicyclic) bond motifs is 1. The topological polar surface area (TPSA) is 50.8 Å². The van der Waals surface area contributed by atoms with Gasteiger partial charge in [0.05, 0.1) is 18.3 Å². The maximum atomic E-state index is 12.4. The number of morpholine rings is 1. The van der Waals surface area contributed by atoms with Crippen molar-refractivity contribution in [2.24, 2.45) is 5.92 Å². The van der Waals surface area contributed by atoms with Crippen molar-refractivity contribution < 1.29 is 14.3 Å². The van der Waals surface area contributed by atoms with Crippen molar-refractivity contribution in [2.75, 3.05) is 39.4 Å². The summed E-state index contributed by atoms with van der Waals surface area (Å²) in [5.41, 5.74) is 1.44. The average Bonchev–Trinajstić information content (AvgIpc) is 2.58. The normalized spacial score (nSPS) is 20.6. The predicted octanol–water partition coefficient (Wildman–Crippen LogP) is 2.59. The number of nitrogens with zero attached hydrogens (tertiary/aromatic N) is 1. The first-order chi connectivity index (χ1) is 12.0. The van der Waals surface area contributed by atoms with Crippen LogP contribution in [0.15, 0.2) is 23.8 Å². The molecule has 3 rings (SSSR count). The Bertz CT molecular complexity index is 660. The van der Waals surface area contributed by atoms with Crippen LogP contribution < -0.4 is 10.1 Å². The summed E-state index contributed by atoms with van der Waals surface area (Å²) in [5, 5.41) is 3.60. The number of ether oxygens (including phenoxy) is 2. The minimum absolute atomic E-state index is 0.0308. The number of benzene rings is 1. The van der Waals surface area contributed by atoms with Crippen LogP contribution in [0.1, 0.15) is 19.4 Å². The summed E-state index contributed by atoms with van der Waals surface area (Å²) in [5.74, 6) is 1.26. The highest BCUT2D eigenvalue weighted by atomic mass is 35.5. The number of hydrogen-bond acceptors (Lipinski definition) is 4. The fraction of sp³-hybridized carbons (Fsp3) is 0.526. The summed E-state index contributed by atoms with van der Waals surface area (Å²) in [7, 11) is 0. The lowest BCUT2D eigenvalue weighted by Crippen LogP contribution is -2.48. The number of carbonyl (C=O) groups excluding carboxylic acids is 1. The molecule has 0 saturated carbocycles. The van der Waals surface area contributed by atoms with Crippen LogP contribution in [0.25, 0.3) is 6.08 Å². The molecule has 1 aromatic rings. The first kappa shape index (κ1) is 18.2. The van der Waals surface area contributed by atoms with Crippen LogP contribution in [-0.4, -0.2) is 56.3 Å². The zero-order chi connectivity index (χ0) is 17.8.